The van der Waals surface area contributed by atoms with E-state index in [1.54, 1.807) is 0 Å². The third-order valence-electron chi connectivity index (χ3n) is 4.48. The molecule has 1 saturated carbocycles. The van der Waals surface area contributed by atoms with E-state index in [-0.39, 0.29) is 0 Å². The Morgan fingerprint density at radius 1 is 1.35 bits per heavy atom. The minimum Gasteiger partial charge on any atom is -0.305 e. The smallest absolute Gasteiger partial charge is 0.136 e. The highest BCUT2D eigenvalue weighted by Gasteiger charge is 2.25. The minimum atomic E-state index is 0.374. The molecule has 98 valence electrons. The van der Waals surface area contributed by atoms with Gasteiger partial charge in [-0.2, -0.15) is 0 Å². The minimum absolute atomic E-state index is 0.374. The van der Waals surface area contributed by atoms with Crippen molar-refractivity contribution >= 4 is 5.78 Å². The first-order valence-corrected chi connectivity index (χ1v) is 7.08. The number of rotatable bonds is 5. The van der Waals surface area contributed by atoms with Crippen LogP contribution in [0.3, 0.4) is 0 Å². The molecule has 2 aliphatic rings. The summed E-state index contributed by atoms with van der Waals surface area (Å²) in [6, 6.07) is 0.735. The van der Waals surface area contributed by atoms with Crippen LogP contribution in [0.2, 0.25) is 0 Å². The van der Waals surface area contributed by atoms with Crippen LogP contribution in [0.15, 0.2) is 0 Å². The van der Waals surface area contributed by atoms with E-state index in [9.17, 15) is 4.79 Å². The molecule has 0 bridgehead atoms. The van der Waals surface area contributed by atoms with Crippen molar-refractivity contribution in [1.29, 1.82) is 0 Å². The van der Waals surface area contributed by atoms with Crippen molar-refractivity contribution in [3.8, 4) is 0 Å². The maximum absolute atomic E-state index is 11.6. The Bertz CT molecular complexity index is 267. The molecule has 0 spiro atoms. The van der Waals surface area contributed by atoms with Crippen LogP contribution in [0, 0.1) is 5.92 Å². The van der Waals surface area contributed by atoms with Gasteiger partial charge in [0.1, 0.15) is 5.78 Å². The second-order valence-electron chi connectivity index (χ2n) is 5.88. The number of hydrogen-bond donors (Lipinski definition) is 0. The second-order valence-corrected chi connectivity index (χ2v) is 5.88. The largest absolute Gasteiger partial charge is 0.305 e. The molecule has 3 heteroatoms. The molecule has 17 heavy (non-hydrogen) atoms. The van der Waals surface area contributed by atoms with Gasteiger partial charge in [-0.15, -0.1) is 0 Å². The lowest BCUT2D eigenvalue weighted by Crippen LogP contribution is -2.37. The lowest BCUT2D eigenvalue weighted by atomic mass is 10.0. The number of likely N-dealkylation sites (tertiary alicyclic amines) is 1. The molecule has 1 saturated heterocycles. The van der Waals surface area contributed by atoms with Gasteiger partial charge in [-0.1, -0.05) is 0 Å². The number of nitrogens with zero attached hydrogens (tertiary/aromatic N) is 2. The van der Waals surface area contributed by atoms with Crippen molar-refractivity contribution < 1.29 is 4.79 Å². The Labute approximate surface area is 105 Å². The van der Waals surface area contributed by atoms with Crippen molar-refractivity contribution in [3.05, 3.63) is 0 Å². The average molecular weight is 238 g/mol. The maximum Gasteiger partial charge on any atom is 0.136 e. The molecule has 2 atom stereocenters. The van der Waals surface area contributed by atoms with Gasteiger partial charge >= 0.3 is 0 Å². The van der Waals surface area contributed by atoms with Crippen molar-refractivity contribution in [2.24, 2.45) is 5.92 Å². The van der Waals surface area contributed by atoms with Crippen LogP contribution in [-0.2, 0) is 4.79 Å². The summed E-state index contributed by atoms with van der Waals surface area (Å²) in [5.41, 5.74) is 0. The standard InChI is InChI=1S/C14H26N2O/c1-15(11-13-6-4-9-16(13)2)10-8-12-5-3-7-14(12)17/h12-13H,3-11H2,1-2H3. The Balaban J connectivity index is 1.66. The highest BCUT2D eigenvalue weighted by atomic mass is 16.1. The van der Waals surface area contributed by atoms with Gasteiger partial charge in [-0.25, -0.2) is 0 Å². The van der Waals surface area contributed by atoms with Crippen LogP contribution in [-0.4, -0.2) is 55.4 Å². The van der Waals surface area contributed by atoms with E-state index in [2.05, 4.69) is 23.9 Å². The fourth-order valence-electron chi connectivity index (χ4n) is 3.23. The molecule has 1 heterocycles. The number of carbonyl (C=O) groups excluding carboxylic acids is 1. The molecule has 0 amide bonds. The molecular weight excluding hydrogens is 212 g/mol. The molecule has 2 unspecified atom stereocenters. The van der Waals surface area contributed by atoms with Gasteiger partial charge in [-0.05, 0) is 59.3 Å². The number of likely N-dealkylation sites (N-methyl/N-ethyl adjacent to an activating group) is 2. The predicted molar refractivity (Wildman–Crippen MR) is 70.1 cm³/mol. The fraction of sp³-hybridized carbons (Fsp3) is 0.929. The third-order valence-corrected chi connectivity index (χ3v) is 4.48. The molecule has 0 aromatic carbocycles. The summed E-state index contributed by atoms with van der Waals surface area (Å²) in [5, 5.41) is 0. The summed E-state index contributed by atoms with van der Waals surface area (Å²) in [7, 11) is 4.43. The predicted octanol–water partition coefficient (Wildman–Crippen LogP) is 1.77. The van der Waals surface area contributed by atoms with Gasteiger partial charge in [-0.3, -0.25) is 4.79 Å². The molecule has 1 aliphatic carbocycles. The first kappa shape index (κ1) is 13.0. The first-order valence-electron chi connectivity index (χ1n) is 7.08. The SMILES string of the molecule is CN(CCC1CCCC1=O)CC1CCCN1C. The summed E-state index contributed by atoms with van der Waals surface area (Å²) < 4.78 is 0. The van der Waals surface area contributed by atoms with Gasteiger partial charge < -0.3 is 9.80 Å². The topological polar surface area (TPSA) is 23.6 Å². The lowest BCUT2D eigenvalue weighted by Gasteiger charge is -2.26. The zero-order valence-corrected chi connectivity index (χ0v) is 11.3. The number of Topliss-reactive ketones (excluding diaryl/α,β-unsaturated/α-hetero) is 1. The third kappa shape index (κ3) is 3.52. The Morgan fingerprint density at radius 2 is 2.18 bits per heavy atom. The molecule has 0 radical (unpaired) electrons. The Morgan fingerprint density at radius 3 is 2.76 bits per heavy atom. The van der Waals surface area contributed by atoms with Crippen molar-refractivity contribution in [2.45, 2.75) is 44.6 Å². The number of ketones is 1. The van der Waals surface area contributed by atoms with Crippen LogP contribution in [0.5, 0.6) is 0 Å². The van der Waals surface area contributed by atoms with Crippen LogP contribution in [0.25, 0.3) is 0 Å². The van der Waals surface area contributed by atoms with E-state index in [0.29, 0.717) is 11.7 Å². The van der Waals surface area contributed by atoms with E-state index in [1.165, 1.54) is 19.4 Å². The summed E-state index contributed by atoms with van der Waals surface area (Å²) in [4.78, 5) is 16.4. The Hall–Kier alpha value is -0.410. The van der Waals surface area contributed by atoms with Crippen LogP contribution >= 0.6 is 0 Å². The second kappa shape index (κ2) is 5.96. The normalized spacial score (nSPS) is 30.6. The molecular formula is C14H26N2O. The number of hydrogen-bond acceptors (Lipinski definition) is 3. The van der Waals surface area contributed by atoms with E-state index < -0.39 is 0 Å². The molecule has 0 aromatic heterocycles. The van der Waals surface area contributed by atoms with Gasteiger partial charge in [0.25, 0.3) is 0 Å². The lowest BCUT2D eigenvalue weighted by molar-refractivity contribution is -0.120. The van der Waals surface area contributed by atoms with Crippen molar-refractivity contribution in [3.63, 3.8) is 0 Å². The van der Waals surface area contributed by atoms with Gasteiger partial charge in [0, 0.05) is 24.9 Å². The summed E-state index contributed by atoms with van der Waals surface area (Å²) in [6.07, 6.45) is 6.85. The van der Waals surface area contributed by atoms with Gasteiger partial charge in [0.05, 0.1) is 0 Å². The summed E-state index contributed by atoms with van der Waals surface area (Å²) >= 11 is 0. The number of carbonyl (C=O) groups is 1. The maximum atomic E-state index is 11.6. The monoisotopic (exact) mass is 238 g/mol. The Kier molecular flexibility index (Phi) is 4.57. The highest BCUT2D eigenvalue weighted by molar-refractivity contribution is 5.82. The van der Waals surface area contributed by atoms with Crippen LogP contribution in [0.4, 0.5) is 0 Å². The molecule has 2 rings (SSSR count). The quantitative estimate of drug-likeness (QED) is 0.729. The fourth-order valence-corrected chi connectivity index (χ4v) is 3.23. The van der Waals surface area contributed by atoms with E-state index in [4.69, 9.17) is 0 Å². The van der Waals surface area contributed by atoms with Gasteiger partial charge in [0.15, 0.2) is 0 Å². The molecule has 0 N–H and O–H groups in total. The van der Waals surface area contributed by atoms with E-state index in [1.807, 2.05) is 0 Å². The summed E-state index contributed by atoms with van der Waals surface area (Å²) in [5.74, 6) is 0.884. The van der Waals surface area contributed by atoms with Crippen LogP contribution in [0.1, 0.15) is 38.5 Å². The molecule has 0 aromatic rings. The van der Waals surface area contributed by atoms with E-state index in [0.717, 1.165) is 44.8 Å². The zero-order chi connectivity index (χ0) is 12.3. The van der Waals surface area contributed by atoms with Crippen LogP contribution < -0.4 is 0 Å². The highest BCUT2D eigenvalue weighted by Crippen LogP contribution is 2.24. The zero-order valence-electron chi connectivity index (χ0n) is 11.3. The molecule has 1 aliphatic heterocycles. The van der Waals surface area contributed by atoms with Gasteiger partial charge in [0.2, 0.25) is 0 Å². The van der Waals surface area contributed by atoms with Crippen molar-refractivity contribution in [1.82, 2.24) is 9.80 Å². The first-order chi connectivity index (χ1) is 8.16. The average Bonchev–Trinajstić information content (AvgIpc) is 2.86. The molecule has 2 fully saturated rings. The van der Waals surface area contributed by atoms with E-state index >= 15 is 0 Å². The van der Waals surface area contributed by atoms with Crippen molar-refractivity contribution in [2.75, 3.05) is 33.7 Å². The molecule has 3 nitrogen and oxygen atoms in total. The summed E-state index contributed by atoms with van der Waals surface area (Å²) in [6.45, 7) is 3.50.